The van der Waals surface area contributed by atoms with Gasteiger partial charge in [-0.25, -0.2) is 0 Å². The monoisotopic (exact) mass is 441 g/mol. The van der Waals surface area contributed by atoms with Gasteiger partial charge < -0.3 is 15.4 Å². The Bertz CT molecular complexity index is 934. The van der Waals surface area contributed by atoms with Crippen LogP contribution in [-0.4, -0.2) is 49.6 Å². The molecule has 4 rings (SSSR count). The second kappa shape index (κ2) is 10.4. The van der Waals surface area contributed by atoms with Gasteiger partial charge in [-0.1, -0.05) is 31.5 Å². The number of benzene rings is 1. The number of para-hydroxylation sites is 1. The number of hydrogen-bond donors (Lipinski definition) is 2. The third kappa shape index (κ3) is 5.34. The number of morpholine rings is 1. The number of carbonyl (C=O) groups is 2. The van der Waals surface area contributed by atoms with E-state index in [0.717, 1.165) is 62.0 Å². The summed E-state index contributed by atoms with van der Waals surface area (Å²) in [7, 11) is 0. The van der Waals surface area contributed by atoms with Crippen molar-refractivity contribution in [3.05, 3.63) is 45.8 Å². The number of nitrogens with zero attached hydrogens (tertiary/aromatic N) is 1. The quantitative estimate of drug-likeness (QED) is 0.662. The molecule has 31 heavy (non-hydrogen) atoms. The van der Waals surface area contributed by atoms with Crippen molar-refractivity contribution in [1.29, 1.82) is 0 Å². The molecule has 1 aromatic heterocycles. The number of fused-ring (bicyclic) bond motifs is 1. The first kappa shape index (κ1) is 22.0. The number of rotatable bonds is 6. The molecule has 2 amide bonds. The zero-order valence-corrected chi connectivity index (χ0v) is 19.0. The van der Waals surface area contributed by atoms with Crippen LogP contribution in [0.2, 0.25) is 0 Å². The molecule has 166 valence electrons. The standard InChI is InChI=1S/C24H31N3O3S/c1-2-17-8-6-7-10-19(17)25-23(29)22-18-9-4-3-5-11-20(18)31-24(22)26-21(28)16-27-12-14-30-15-13-27/h6-8,10H,2-5,9,11-16H2,1H3,(H,25,29)(H,26,28). The van der Waals surface area contributed by atoms with Crippen LogP contribution in [0.3, 0.4) is 0 Å². The first-order valence-corrected chi connectivity index (χ1v) is 12.1. The molecule has 2 heterocycles. The van der Waals surface area contributed by atoms with Crippen molar-refractivity contribution >= 4 is 33.8 Å². The number of hydrogen-bond acceptors (Lipinski definition) is 5. The van der Waals surface area contributed by atoms with Gasteiger partial charge in [-0.2, -0.15) is 0 Å². The van der Waals surface area contributed by atoms with Gasteiger partial charge in [0.15, 0.2) is 0 Å². The highest BCUT2D eigenvalue weighted by Gasteiger charge is 2.26. The number of thiophene rings is 1. The van der Waals surface area contributed by atoms with E-state index in [2.05, 4.69) is 22.5 Å². The van der Waals surface area contributed by atoms with E-state index in [9.17, 15) is 9.59 Å². The molecule has 2 N–H and O–H groups in total. The van der Waals surface area contributed by atoms with E-state index < -0.39 is 0 Å². The predicted octanol–water partition coefficient (Wildman–Crippen LogP) is 4.10. The molecular weight excluding hydrogens is 410 g/mol. The average molecular weight is 442 g/mol. The highest BCUT2D eigenvalue weighted by molar-refractivity contribution is 7.17. The summed E-state index contributed by atoms with van der Waals surface area (Å²) in [5, 5.41) is 6.88. The van der Waals surface area contributed by atoms with Crippen LogP contribution < -0.4 is 10.6 Å². The summed E-state index contributed by atoms with van der Waals surface area (Å²) >= 11 is 1.58. The molecule has 1 aromatic carbocycles. The zero-order valence-electron chi connectivity index (χ0n) is 18.2. The summed E-state index contributed by atoms with van der Waals surface area (Å²) in [5.74, 6) is -0.191. The third-order valence-corrected chi connectivity index (χ3v) is 7.23. The Labute approximate surface area is 188 Å². The van der Waals surface area contributed by atoms with Gasteiger partial charge in [-0.15, -0.1) is 11.3 Å². The van der Waals surface area contributed by atoms with Gasteiger partial charge in [0.05, 0.1) is 25.3 Å². The highest BCUT2D eigenvalue weighted by Crippen LogP contribution is 2.38. The number of aryl methyl sites for hydroxylation is 2. The lowest BCUT2D eigenvalue weighted by atomic mass is 10.0. The summed E-state index contributed by atoms with van der Waals surface area (Å²) in [6.45, 7) is 5.24. The predicted molar refractivity (Wildman–Crippen MR) is 125 cm³/mol. The van der Waals surface area contributed by atoms with Gasteiger partial charge >= 0.3 is 0 Å². The SMILES string of the molecule is CCc1ccccc1NC(=O)c1c(NC(=O)CN2CCOCC2)sc2c1CCCCC2. The Balaban J connectivity index is 1.58. The van der Waals surface area contributed by atoms with E-state index >= 15 is 0 Å². The summed E-state index contributed by atoms with van der Waals surface area (Å²) in [6, 6.07) is 7.91. The van der Waals surface area contributed by atoms with Crippen molar-refractivity contribution < 1.29 is 14.3 Å². The molecule has 0 spiro atoms. The topological polar surface area (TPSA) is 70.7 Å². The maximum atomic E-state index is 13.4. The minimum absolute atomic E-state index is 0.0682. The van der Waals surface area contributed by atoms with Gasteiger partial charge in [-0.05, 0) is 49.3 Å². The highest BCUT2D eigenvalue weighted by atomic mass is 32.1. The Morgan fingerprint density at radius 2 is 1.84 bits per heavy atom. The van der Waals surface area contributed by atoms with E-state index in [1.165, 1.54) is 11.3 Å². The van der Waals surface area contributed by atoms with Crippen LogP contribution in [0.4, 0.5) is 10.7 Å². The maximum absolute atomic E-state index is 13.4. The van der Waals surface area contributed by atoms with E-state index in [1.807, 2.05) is 24.3 Å². The van der Waals surface area contributed by atoms with Gasteiger partial charge in [-0.3, -0.25) is 14.5 Å². The average Bonchev–Trinajstić information content (AvgIpc) is 2.95. The smallest absolute Gasteiger partial charge is 0.258 e. The second-order valence-corrected chi connectivity index (χ2v) is 9.28. The van der Waals surface area contributed by atoms with Crippen molar-refractivity contribution in [3.8, 4) is 0 Å². The molecule has 0 saturated carbocycles. The fourth-order valence-electron chi connectivity index (χ4n) is 4.33. The first-order valence-electron chi connectivity index (χ1n) is 11.3. The molecule has 0 radical (unpaired) electrons. The van der Waals surface area contributed by atoms with Gasteiger partial charge in [0.25, 0.3) is 5.91 Å². The molecule has 7 heteroatoms. The van der Waals surface area contributed by atoms with Crippen molar-refractivity contribution in [2.75, 3.05) is 43.5 Å². The molecule has 1 saturated heterocycles. The Kier molecular flexibility index (Phi) is 7.37. The molecule has 0 atom stereocenters. The number of carbonyl (C=O) groups excluding carboxylic acids is 2. The molecular formula is C24H31N3O3S. The lowest BCUT2D eigenvalue weighted by Gasteiger charge is -2.25. The summed E-state index contributed by atoms with van der Waals surface area (Å²) < 4.78 is 5.37. The maximum Gasteiger partial charge on any atom is 0.258 e. The third-order valence-electron chi connectivity index (χ3n) is 6.02. The van der Waals surface area contributed by atoms with Crippen molar-refractivity contribution in [1.82, 2.24) is 4.90 Å². The lowest BCUT2D eigenvalue weighted by Crippen LogP contribution is -2.41. The van der Waals surface area contributed by atoms with Gasteiger partial charge in [0, 0.05) is 23.7 Å². The van der Waals surface area contributed by atoms with Crippen LogP contribution in [-0.2, 0) is 28.8 Å². The lowest BCUT2D eigenvalue weighted by molar-refractivity contribution is -0.118. The number of nitrogens with one attached hydrogen (secondary N) is 2. The van der Waals surface area contributed by atoms with E-state index in [-0.39, 0.29) is 11.8 Å². The summed E-state index contributed by atoms with van der Waals surface area (Å²) in [6.07, 6.45) is 6.11. The van der Waals surface area contributed by atoms with E-state index in [1.54, 1.807) is 11.3 Å². The Morgan fingerprint density at radius 3 is 2.65 bits per heavy atom. The Morgan fingerprint density at radius 1 is 1.06 bits per heavy atom. The molecule has 1 aliphatic carbocycles. The largest absolute Gasteiger partial charge is 0.379 e. The van der Waals surface area contributed by atoms with Crippen molar-refractivity contribution in [2.45, 2.75) is 45.4 Å². The normalized spacial score (nSPS) is 16.9. The molecule has 1 fully saturated rings. The summed E-state index contributed by atoms with van der Waals surface area (Å²) in [4.78, 5) is 29.5. The van der Waals surface area contributed by atoms with Crippen LogP contribution in [0.25, 0.3) is 0 Å². The van der Waals surface area contributed by atoms with Crippen LogP contribution in [0.5, 0.6) is 0 Å². The fraction of sp³-hybridized carbons (Fsp3) is 0.500. The van der Waals surface area contributed by atoms with E-state index in [0.29, 0.717) is 30.3 Å². The number of amides is 2. The molecule has 0 bridgehead atoms. The van der Waals surface area contributed by atoms with Crippen LogP contribution in [0, 0.1) is 0 Å². The van der Waals surface area contributed by atoms with Gasteiger partial charge in [0.2, 0.25) is 5.91 Å². The molecule has 1 aliphatic heterocycles. The number of anilines is 2. The minimum Gasteiger partial charge on any atom is -0.379 e. The van der Waals surface area contributed by atoms with Crippen LogP contribution in [0.1, 0.15) is 52.5 Å². The van der Waals surface area contributed by atoms with Crippen molar-refractivity contribution in [3.63, 3.8) is 0 Å². The van der Waals surface area contributed by atoms with Gasteiger partial charge in [0.1, 0.15) is 5.00 Å². The summed E-state index contributed by atoms with van der Waals surface area (Å²) in [5.41, 5.74) is 3.73. The molecule has 2 aromatic rings. The molecule has 0 unspecified atom stereocenters. The minimum atomic E-state index is -0.123. The van der Waals surface area contributed by atoms with Crippen LogP contribution in [0.15, 0.2) is 24.3 Å². The second-order valence-electron chi connectivity index (χ2n) is 8.17. The Hall–Kier alpha value is -2.22. The van der Waals surface area contributed by atoms with Crippen LogP contribution >= 0.6 is 11.3 Å². The van der Waals surface area contributed by atoms with E-state index in [4.69, 9.17) is 4.74 Å². The zero-order chi connectivity index (χ0) is 21.6. The molecule has 2 aliphatic rings. The van der Waals surface area contributed by atoms with Crippen molar-refractivity contribution in [2.24, 2.45) is 0 Å². The molecule has 6 nitrogen and oxygen atoms in total. The number of ether oxygens (including phenoxy) is 1. The first-order chi connectivity index (χ1) is 15.2. The fourth-order valence-corrected chi connectivity index (χ4v) is 5.64.